The first-order valence-corrected chi connectivity index (χ1v) is 9.46. The van der Waals surface area contributed by atoms with E-state index in [-0.39, 0.29) is 11.8 Å². The maximum absolute atomic E-state index is 13.1. The zero-order valence-corrected chi connectivity index (χ0v) is 15.9. The average molecular weight is 384 g/mol. The van der Waals surface area contributed by atoms with Gasteiger partial charge in [-0.15, -0.1) is 15.3 Å². The number of rotatable bonds is 7. The Hall–Kier alpha value is -2.94. The molecule has 0 N–H and O–H groups in total. The summed E-state index contributed by atoms with van der Waals surface area (Å²) in [6.07, 6.45) is 4.81. The van der Waals surface area contributed by atoms with E-state index in [4.69, 9.17) is 9.15 Å². The Morgan fingerprint density at radius 3 is 2.93 bits per heavy atom. The van der Waals surface area contributed by atoms with Crippen LogP contribution in [0, 0.1) is 5.92 Å². The summed E-state index contributed by atoms with van der Waals surface area (Å²) >= 11 is 0. The molecular weight excluding hydrogens is 360 g/mol. The highest BCUT2D eigenvalue weighted by molar-refractivity contribution is 5.79. The van der Waals surface area contributed by atoms with Crippen molar-refractivity contribution in [2.75, 3.05) is 38.3 Å². The molecule has 1 amide bonds. The fourth-order valence-corrected chi connectivity index (χ4v) is 3.56. The largest absolute Gasteiger partial charge is 0.467 e. The molecule has 0 aromatic carbocycles. The molecule has 0 atom stereocenters. The zero-order chi connectivity index (χ0) is 19.3. The predicted octanol–water partition coefficient (Wildman–Crippen LogP) is 1.61. The van der Waals surface area contributed by atoms with Crippen LogP contribution in [0.2, 0.25) is 0 Å². The third kappa shape index (κ3) is 3.99. The van der Waals surface area contributed by atoms with Gasteiger partial charge in [0, 0.05) is 32.7 Å². The van der Waals surface area contributed by atoms with Crippen LogP contribution in [0.25, 0.3) is 5.65 Å². The van der Waals surface area contributed by atoms with Gasteiger partial charge >= 0.3 is 0 Å². The fourth-order valence-electron chi connectivity index (χ4n) is 3.56. The molecule has 4 heterocycles. The Morgan fingerprint density at radius 1 is 1.32 bits per heavy atom. The molecule has 9 heteroatoms. The summed E-state index contributed by atoms with van der Waals surface area (Å²) in [6, 6.07) is 7.59. The molecule has 3 aromatic heterocycles. The molecule has 1 aliphatic heterocycles. The maximum atomic E-state index is 13.1. The summed E-state index contributed by atoms with van der Waals surface area (Å²) < 4.78 is 12.3. The molecular formula is C19H24N6O3. The quantitative estimate of drug-likeness (QED) is 0.611. The van der Waals surface area contributed by atoms with E-state index in [2.05, 4.69) is 20.2 Å². The topological polar surface area (TPSA) is 89.0 Å². The Morgan fingerprint density at radius 2 is 2.18 bits per heavy atom. The number of carbonyl (C=O) groups excluding carboxylic acids is 1. The van der Waals surface area contributed by atoms with Crippen molar-refractivity contribution in [1.82, 2.24) is 24.7 Å². The Labute approximate surface area is 162 Å². The van der Waals surface area contributed by atoms with E-state index < -0.39 is 0 Å². The first-order chi connectivity index (χ1) is 13.7. The summed E-state index contributed by atoms with van der Waals surface area (Å²) in [4.78, 5) is 17.1. The van der Waals surface area contributed by atoms with Crippen LogP contribution in [0.5, 0.6) is 0 Å². The molecule has 9 nitrogen and oxygen atoms in total. The molecule has 0 saturated carbocycles. The second-order valence-electron chi connectivity index (χ2n) is 6.92. The van der Waals surface area contributed by atoms with Crippen LogP contribution in [-0.4, -0.2) is 64.0 Å². The Kier molecular flexibility index (Phi) is 5.52. The van der Waals surface area contributed by atoms with Gasteiger partial charge in [0.05, 0.1) is 19.4 Å². The van der Waals surface area contributed by atoms with Gasteiger partial charge in [-0.05, 0) is 37.1 Å². The van der Waals surface area contributed by atoms with Gasteiger partial charge in [-0.25, -0.2) is 0 Å². The first-order valence-electron chi connectivity index (χ1n) is 9.46. The lowest BCUT2D eigenvalue weighted by molar-refractivity contribution is -0.137. The number of anilines is 1. The van der Waals surface area contributed by atoms with Gasteiger partial charge in [0.2, 0.25) is 5.91 Å². The second kappa shape index (κ2) is 8.39. The van der Waals surface area contributed by atoms with Gasteiger partial charge in [-0.2, -0.15) is 4.52 Å². The summed E-state index contributed by atoms with van der Waals surface area (Å²) in [6.45, 7) is 3.11. The highest BCUT2D eigenvalue weighted by Crippen LogP contribution is 2.24. The number of aromatic nitrogens is 4. The first kappa shape index (κ1) is 18.4. The molecule has 0 unspecified atom stereocenters. The number of nitrogens with zero attached hydrogens (tertiary/aromatic N) is 6. The molecule has 3 aromatic rings. The molecule has 28 heavy (non-hydrogen) atoms. The van der Waals surface area contributed by atoms with Gasteiger partial charge in [-0.3, -0.25) is 4.79 Å². The number of amides is 1. The highest BCUT2D eigenvalue weighted by atomic mass is 16.5. The lowest BCUT2D eigenvalue weighted by atomic mass is 9.95. The predicted molar refractivity (Wildman–Crippen MR) is 102 cm³/mol. The van der Waals surface area contributed by atoms with E-state index in [0.717, 1.165) is 43.2 Å². The Balaban J connectivity index is 1.38. The maximum Gasteiger partial charge on any atom is 0.226 e. The molecule has 1 aliphatic rings. The van der Waals surface area contributed by atoms with Crippen LogP contribution in [0.3, 0.4) is 0 Å². The lowest BCUT2D eigenvalue weighted by Gasteiger charge is -2.34. The monoisotopic (exact) mass is 384 g/mol. The molecule has 0 spiro atoms. The van der Waals surface area contributed by atoms with Gasteiger partial charge in [0.15, 0.2) is 5.65 Å². The van der Waals surface area contributed by atoms with E-state index in [1.54, 1.807) is 24.2 Å². The number of hydrogen-bond acceptors (Lipinski definition) is 7. The van der Waals surface area contributed by atoms with E-state index in [0.29, 0.717) is 19.7 Å². The minimum Gasteiger partial charge on any atom is -0.467 e. The standard InChI is InChI=1S/C19H24N6O3/c1-27-12-10-24(13-16-3-2-11-28-16)19(26)15-6-8-23(9-7-15)18-5-4-17-21-20-14-25(17)22-18/h2-5,11,14-15H,6-10,12-13H2,1H3. The highest BCUT2D eigenvalue weighted by Gasteiger charge is 2.29. The zero-order valence-electron chi connectivity index (χ0n) is 15.9. The fraction of sp³-hybridized carbons (Fsp3) is 0.474. The smallest absolute Gasteiger partial charge is 0.226 e. The molecule has 148 valence electrons. The molecule has 4 rings (SSSR count). The van der Waals surface area contributed by atoms with Gasteiger partial charge in [-0.1, -0.05) is 0 Å². The molecule has 0 radical (unpaired) electrons. The molecule has 1 saturated heterocycles. The van der Waals surface area contributed by atoms with Crippen molar-refractivity contribution < 1.29 is 13.9 Å². The summed E-state index contributed by atoms with van der Waals surface area (Å²) in [5.41, 5.74) is 0.723. The number of fused-ring (bicyclic) bond motifs is 1. The number of ether oxygens (including phenoxy) is 1. The lowest BCUT2D eigenvalue weighted by Crippen LogP contribution is -2.43. The number of hydrogen-bond donors (Lipinski definition) is 0. The van der Waals surface area contributed by atoms with Crippen molar-refractivity contribution in [2.24, 2.45) is 5.92 Å². The molecule has 0 bridgehead atoms. The van der Waals surface area contributed by atoms with Crippen LogP contribution >= 0.6 is 0 Å². The number of methoxy groups -OCH3 is 1. The van der Waals surface area contributed by atoms with Crippen LogP contribution < -0.4 is 4.90 Å². The van der Waals surface area contributed by atoms with E-state index in [1.165, 1.54) is 0 Å². The third-order valence-electron chi connectivity index (χ3n) is 5.12. The van der Waals surface area contributed by atoms with E-state index in [9.17, 15) is 4.79 Å². The van der Waals surface area contributed by atoms with Crippen molar-refractivity contribution in [1.29, 1.82) is 0 Å². The average Bonchev–Trinajstić information content (AvgIpc) is 3.42. The normalized spacial score (nSPS) is 15.2. The molecule has 0 aliphatic carbocycles. The number of piperidine rings is 1. The number of carbonyl (C=O) groups is 1. The minimum atomic E-state index is 0.00158. The van der Waals surface area contributed by atoms with Gasteiger partial charge < -0.3 is 19.0 Å². The minimum absolute atomic E-state index is 0.00158. The van der Waals surface area contributed by atoms with Gasteiger partial charge in [0.25, 0.3) is 0 Å². The third-order valence-corrected chi connectivity index (χ3v) is 5.12. The van der Waals surface area contributed by atoms with Crippen LogP contribution in [0.15, 0.2) is 41.3 Å². The summed E-state index contributed by atoms with van der Waals surface area (Å²) in [5.74, 6) is 1.83. The second-order valence-corrected chi connectivity index (χ2v) is 6.92. The van der Waals surface area contributed by atoms with E-state index >= 15 is 0 Å². The SMILES string of the molecule is COCCN(Cc1ccco1)C(=O)C1CCN(c2ccc3nncn3n2)CC1. The van der Waals surface area contributed by atoms with Gasteiger partial charge in [0.1, 0.15) is 17.9 Å². The number of furan rings is 1. The summed E-state index contributed by atoms with van der Waals surface area (Å²) in [5, 5.41) is 12.4. The van der Waals surface area contributed by atoms with Crippen LogP contribution in [-0.2, 0) is 16.1 Å². The Bertz CT molecular complexity index is 901. The summed E-state index contributed by atoms with van der Waals surface area (Å²) in [7, 11) is 1.65. The van der Waals surface area contributed by atoms with E-state index in [1.807, 2.05) is 29.2 Å². The van der Waals surface area contributed by atoms with Crippen molar-refractivity contribution in [3.8, 4) is 0 Å². The van der Waals surface area contributed by atoms with Crippen molar-refractivity contribution in [3.05, 3.63) is 42.6 Å². The van der Waals surface area contributed by atoms with Crippen molar-refractivity contribution in [2.45, 2.75) is 19.4 Å². The van der Waals surface area contributed by atoms with Crippen molar-refractivity contribution in [3.63, 3.8) is 0 Å². The van der Waals surface area contributed by atoms with Crippen LogP contribution in [0.1, 0.15) is 18.6 Å². The van der Waals surface area contributed by atoms with Crippen LogP contribution in [0.4, 0.5) is 5.82 Å². The molecule has 1 fully saturated rings. The van der Waals surface area contributed by atoms with Crippen molar-refractivity contribution >= 4 is 17.4 Å².